The van der Waals surface area contributed by atoms with Crippen molar-refractivity contribution in [2.75, 3.05) is 6.98 Å². The minimum atomic E-state index is -2.88. The molecule has 0 N–H and O–H groups in total. The number of hydrogen-bond donors (Lipinski definition) is 0. The van der Waals surface area contributed by atoms with Crippen molar-refractivity contribution >= 4 is 5.91 Å². The first kappa shape index (κ1) is 3.78. The minimum absolute atomic E-state index is 0.181. The molecule has 1 aliphatic rings. The number of nitrogens with zero attached hydrogens (tertiary/aromatic N) is 2. The predicted octanol–water partition coefficient (Wildman–Crippen LogP) is 1.37. The van der Waals surface area contributed by atoms with Gasteiger partial charge >= 0.3 is 0 Å². The molecular weight excluding hydrogens is 164 g/mol. The summed E-state index contributed by atoms with van der Waals surface area (Å²) < 4.78 is 45.6. The van der Waals surface area contributed by atoms with Crippen LogP contribution in [0.2, 0.25) is 0 Å². The quantitative estimate of drug-likeness (QED) is 0.657. The van der Waals surface area contributed by atoms with Gasteiger partial charge in [0, 0.05) is 32.6 Å². The summed E-state index contributed by atoms with van der Waals surface area (Å²) in [7, 11) is 0. The number of likely N-dealkylation sites (tertiary alicyclic amines) is 1. The zero-order valence-corrected chi connectivity index (χ0v) is 6.82. The Hall–Kier alpha value is -1.38. The summed E-state index contributed by atoms with van der Waals surface area (Å²) in [5.41, 5.74) is 0.181. The summed E-state index contributed by atoms with van der Waals surface area (Å²) in [4.78, 5) is 16.0. The monoisotopic (exact) mass is 182 g/mol. The largest absolute Gasteiger partial charge is 0.339 e. The molecule has 3 heteroatoms. The number of hydrogen-bond acceptors (Lipinski definition) is 2. The van der Waals surface area contributed by atoms with Gasteiger partial charge in [-0.15, -0.1) is 0 Å². The molecule has 0 unspecified atom stereocenters. The van der Waals surface area contributed by atoms with Crippen LogP contribution in [0.1, 0.15) is 32.6 Å². The van der Waals surface area contributed by atoms with E-state index < -0.39 is 31.7 Å². The second-order valence-corrected chi connectivity index (χ2v) is 2.68. The van der Waals surface area contributed by atoms with E-state index >= 15 is 0 Å². The van der Waals surface area contributed by atoms with E-state index in [1.165, 1.54) is 24.5 Å². The molecule has 0 aromatic carbocycles. The average Bonchev–Trinajstić information content (AvgIpc) is 2.46. The van der Waals surface area contributed by atoms with Gasteiger partial charge in [0.1, 0.15) is 0 Å². The van der Waals surface area contributed by atoms with Crippen LogP contribution in [0, 0.1) is 0 Å². The van der Waals surface area contributed by atoms with E-state index in [2.05, 4.69) is 4.98 Å². The van der Waals surface area contributed by atoms with E-state index in [1.54, 1.807) is 0 Å². The number of amides is 1. The molecule has 1 aliphatic heterocycles. The summed E-state index contributed by atoms with van der Waals surface area (Å²) >= 11 is 0. The highest BCUT2D eigenvalue weighted by Crippen LogP contribution is 2.30. The first-order valence-corrected chi connectivity index (χ1v) is 3.84. The van der Waals surface area contributed by atoms with Gasteiger partial charge in [-0.05, 0) is 18.1 Å². The summed E-state index contributed by atoms with van der Waals surface area (Å²) in [6, 6.07) is 1.01. The van der Waals surface area contributed by atoms with E-state index in [0.29, 0.717) is 4.90 Å². The van der Waals surface area contributed by atoms with Gasteiger partial charge in [0.15, 0.2) is 0 Å². The molecule has 1 amide bonds. The standard InChI is InChI=1S/C10H12N2O/c1-12-9(4-5-10(12)13)8-3-2-6-11-7-8/h2-3,6-7,9H,4-5H2,1H3/t9-/m0/s1/i1D3,5D2,9D. The van der Waals surface area contributed by atoms with Crippen LogP contribution < -0.4 is 0 Å². The molecule has 1 aromatic rings. The highest BCUT2D eigenvalue weighted by molar-refractivity contribution is 5.78. The second-order valence-electron chi connectivity index (χ2n) is 2.68. The second kappa shape index (κ2) is 3.17. The molecule has 1 aromatic heterocycles. The third-order valence-electron chi connectivity index (χ3n) is 1.87. The van der Waals surface area contributed by atoms with Gasteiger partial charge in [0.2, 0.25) is 5.91 Å². The van der Waals surface area contributed by atoms with Crippen LogP contribution in [0.5, 0.6) is 0 Å². The predicted molar refractivity (Wildman–Crippen MR) is 49.0 cm³/mol. The van der Waals surface area contributed by atoms with Crippen LogP contribution >= 0.6 is 0 Å². The molecule has 2 rings (SSSR count). The van der Waals surface area contributed by atoms with Crippen LogP contribution in [0.25, 0.3) is 0 Å². The fourth-order valence-corrected chi connectivity index (χ4v) is 1.20. The number of pyridine rings is 1. The van der Waals surface area contributed by atoms with Crippen molar-refractivity contribution in [3.63, 3.8) is 0 Å². The van der Waals surface area contributed by atoms with Crippen LogP contribution in [-0.2, 0) is 4.79 Å². The van der Waals surface area contributed by atoms with Crippen molar-refractivity contribution in [3.8, 4) is 0 Å². The van der Waals surface area contributed by atoms with E-state index in [4.69, 9.17) is 8.22 Å². The Morgan fingerprint density at radius 2 is 2.85 bits per heavy atom. The lowest BCUT2D eigenvalue weighted by Crippen LogP contribution is -2.22. The Bertz CT molecular complexity index is 502. The normalized spacial score (nSPS) is 39.7. The van der Waals surface area contributed by atoms with Crippen molar-refractivity contribution in [2.24, 2.45) is 0 Å². The Morgan fingerprint density at radius 1 is 1.92 bits per heavy atom. The maximum absolute atomic E-state index is 11.9. The summed E-state index contributed by atoms with van der Waals surface area (Å²) in [6.45, 7) is -2.88. The first-order valence-electron chi connectivity index (χ1n) is 6.84. The Balaban J connectivity index is 2.58. The van der Waals surface area contributed by atoms with Gasteiger partial charge in [-0.3, -0.25) is 9.78 Å². The van der Waals surface area contributed by atoms with E-state index in [0.717, 1.165) is 0 Å². The molecule has 0 radical (unpaired) electrons. The van der Waals surface area contributed by atoms with Gasteiger partial charge in [0.05, 0.1) is 7.39 Å². The third kappa shape index (κ3) is 1.41. The lowest BCUT2D eigenvalue weighted by atomic mass is 10.1. The third-order valence-corrected chi connectivity index (χ3v) is 1.87. The first-order chi connectivity index (χ1) is 8.59. The van der Waals surface area contributed by atoms with Gasteiger partial charge in [-0.1, -0.05) is 6.07 Å². The fraction of sp³-hybridized carbons (Fsp3) is 0.400. The molecule has 1 atom stereocenters. The molecule has 0 saturated carbocycles. The molecule has 13 heavy (non-hydrogen) atoms. The molecular formula is C10H12N2O. The number of carbonyl (C=O) groups excluding carboxylic acids is 1. The number of carbonyl (C=O) groups is 1. The van der Waals surface area contributed by atoms with E-state index in [9.17, 15) is 4.79 Å². The Labute approximate surface area is 85.8 Å². The zero-order valence-electron chi connectivity index (χ0n) is 12.8. The van der Waals surface area contributed by atoms with Crippen molar-refractivity contribution < 1.29 is 13.0 Å². The van der Waals surface area contributed by atoms with Crippen LogP contribution in [0.4, 0.5) is 0 Å². The topological polar surface area (TPSA) is 33.2 Å². The average molecular weight is 182 g/mol. The molecule has 1 fully saturated rings. The van der Waals surface area contributed by atoms with Crippen molar-refractivity contribution in [3.05, 3.63) is 30.1 Å². The molecule has 3 nitrogen and oxygen atoms in total. The highest BCUT2D eigenvalue weighted by atomic mass is 16.2. The molecule has 1 saturated heterocycles. The van der Waals surface area contributed by atoms with E-state index in [1.807, 2.05) is 0 Å². The highest BCUT2D eigenvalue weighted by Gasteiger charge is 2.28. The summed E-state index contributed by atoms with van der Waals surface area (Å²) in [5, 5.41) is 0. The summed E-state index contributed by atoms with van der Waals surface area (Å²) in [6.07, 6.45) is -0.173. The molecule has 0 aliphatic carbocycles. The lowest BCUT2D eigenvalue weighted by Gasteiger charge is -2.19. The van der Waals surface area contributed by atoms with Gasteiger partial charge in [-0.25, -0.2) is 0 Å². The maximum Gasteiger partial charge on any atom is 0.222 e. The molecule has 2 heterocycles. The summed E-state index contributed by atoms with van der Waals surface area (Å²) in [5.74, 6) is -1.19. The van der Waals surface area contributed by atoms with Crippen LogP contribution in [0.3, 0.4) is 0 Å². The van der Waals surface area contributed by atoms with Crippen molar-refractivity contribution in [2.45, 2.75) is 18.8 Å². The minimum Gasteiger partial charge on any atom is -0.339 e. The maximum atomic E-state index is 11.9. The number of rotatable bonds is 1. The zero-order chi connectivity index (χ0) is 14.5. The molecule has 0 bridgehead atoms. The van der Waals surface area contributed by atoms with Crippen LogP contribution in [-0.4, -0.2) is 22.8 Å². The Kier molecular flexibility index (Phi) is 0.920. The number of aromatic nitrogens is 1. The van der Waals surface area contributed by atoms with Crippen molar-refractivity contribution in [1.82, 2.24) is 9.88 Å². The van der Waals surface area contributed by atoms with Gasteiger partial charge in [0.25, 0.3) is 0 Å². The van der Waals surface area contributed by atoms with Crippen LogP contribution in [0.15, 0.2) is 24.5 Å². The van der Waals surface area contributed by atoms with Crippen molar-refractivity contribution in [1.29, 1.82) is 0 Å². The molecule has 0 spiro atoms. The van der Waals surface area contributed by atoms with Gasteiger partial charge < -0.3 is 4.90 Å². The fourth-order valence-electron chi connectivity index (χ4n) is 1.20. The SMILES string of the molecule is [2H]C1([2H])C[C@@]([2H])(c2cccnc2)N(C([2H])([2H])[2H])C1=O. The lowest BCUT2D eigenvalue weighted by molar-refractivity contribution is -0.127. The molecule has 68 valence electrons. The van der Waals surface area contributed by atoms with E-state index in [-0.39, 0.29) is 5.56 Å². The Morgan fingerprint density at radius 3 is 3.54 bits per heavy atom. The smallest absolute Gasteiger partial charge is 0.222 e. The van der Waals surface area contributed by atoms with Gasteiger partial charge in [-0.2, -0.15) is 0 Å².